The first kappa shape index (κ1) is 10.6. The molecule has 3 nitrogen and oxygen atoms in total. The fraction of sp³-hybridized carbons (Fsp3) is 0.583. The zero-order chi connectivity index (χ0) is 10.7. The minimum Gasteiger partial charge on any atom is -0.396 e. The molecule has 0 bridgehead atoms. The van der Waals surface area contributed by atoms with Gasteiger partial charge >= 0.3 is 0 Å². The molecule has 2 N–H and O–H groups in total. The van der Waals surface area contributed by atoms with E-state index in [1.165, 1.54) is 5.56 Å². The van der Waals surface area contributed by atoms with Crippen molar-refractivity contribution in [3.8, 4) is 0 Å². The number of aliphatic hydroxyl groups is 1. The summed E-state index contributed by atoms with van der Waals surface area (Å²) in [5.74, 6) is 0.525. The Balaban J connectivity index is 1.77. The molecule has 0 aliphatic heterocycles. The Kier molecular flexibility index (Phi) is 3.34. The number of rotatable bonds is 4. The van der Waals surface area contributed by atoms with Gasteiger partial charge in [0, 0.05) is 31.1 Å². The smallest absolute Gasteiger partial charge is 0.0460 e. The maximum atomic E-state index is 8.90. The van der Waals surface area contributed by atoms with Gasteiger partial charge in [-0.1, -0.05) is 6.07 Å². The quantitative estimate of drug-likeness (QED) is 0.779. The average molecular weight is 206 g/mol. The topological polar surface area (TPSA) is 45.2 Å². The third kappa shape index (κ3) is 2.55. The Morgan fingerprint density at radius 3 is 3.00 bits per heavy atom. The van der Waals surface area contributed by atoms with E-state index < -0.39 is 0 Å². The van der Waals surface area contributed by atoms with Crippen LogP contribution in [-0.2, 0) is 6.54 Å². The van der Waals surface area contributed by atoms with Gasteiger partial charge in [-0.25, -0.2) is 0 Å². The lowest BCUT2D eigenvalue weighted by molar-refractivity contribution is 0.126. The summed E-state index contributed by atoms with van der Waals surface area (Å²) in [6.07, 6.45) is 4.04. The maximum absolute atomic E-state index is 8.90. The predicted molar refractivity (Wildman–Crippen MR) is 59.4 cm³/mol. The van der Waals surface area contributed by atoms with E-state index >= 15 is 0 Å². The van der Waals surface area contributed by atoms with Crippen molar-refractivity contribution in [1.29, 1.82) is 0 Å². The van der Waals surface area contributed by atoms with E-state index in [2.05, 4.69) is 16.4 Å². The highest BCUT2D eigenvalue weighted by Crippen LogP contribution is 2.26. The first-order valence-electron chi connectivity index (χ1n) is 5.54. The number of hydrogen-bond donors (Lipinski definition) is 2. The summed E-state index contributed by atoms with van der Waals surface area (Å²) in [5.41, 5.74) is 2.37. The lowest BCUT2D eigenvalue weighted by atomic mass is 9.81. The first-order valence-corrected chi connectivity index (χ1v) is 5.54. The van der Waals surface area contributed by atoms with Gasteiger partial charge in [0.15, 0.2) is 0 Å². The van der Waals surface area contributed by atoms with Crippen molar-refractivity contribution in [2.24, 2.45) is 5.92 Å². The van der Waals surface area contributed by atoms with E-state index in [9.17, 15) is 0 Å². The summed E-state index contributed by atoms with van der Waals surface area (Å²) in [5, 5.41) is 12.4. The SMILES string of the molecule is Cc1ncccc1CNC1CC(CO)C1. The highest BCUT2D eigenvalue weighted by atomic mass is 16.3. The van der Waals surface area contributed by atoms with Crippen LogP contribution in [0.2, 0.25) is 0 Å². The molecule has 1 aliphatic carbocycles. The Hall–Kier alpha value is -0.930. The van der Waals surface area contributed by atoms with E-state index in [-0.39, 0.29) is 0 Å². The van der Waals surface area contributed by atoms with Crippen molar-refractivity contribution in [3.05, 3.63) is 29.6 Å². The van der Waals surface area contributed by atoms with Gasteiger partial charge in [0.25, 0.3) is 0 Å². The fourth-order valence-corrected chi connectivity index (χ4v) is 2.01. The average Bonchev–Trinajstić information content (AvgIpc) is 2.18. The summed E-state index contributed by atoms with van der Waals surface area (Å²) >= 11 is 0. The Bertz CT molecular complexity index is 321. The number of pyridine rings is 1. The number of hydrogen-bond acceptors (Lipinski definition) is 3. The minimum atomic E-state index is 0.337. The van der Waals surface area contributed by atoms with Crippen molar-refractivity contribution in [1.82, 2.24) is 10.3 Å². The monoisotopic (exact) mass is 206 g/mol. The molecule has 15 heavy (non-hydrogen) atoms. The van der Waals surface area contributed by atoms with Gasteiger partial charge in [-0.2, -0.15) is 0 Å². The molecule has 1 aromatic rings. The van der Waals surface area contributed by atoms with Gasteiger partial charge in [0.2, 0.25) is 0 Å². The number of aryl methyl sites for hydroxylation is 1. The highest BCUT2D eigenvalue weighted by molar-refractivity contribution is 5.18. The number of aromatic nitrogens is 1. The summed E-state index contributed by atoms with van der Waals surface area (Å²) in [6.45, 7) is 3.26. The summed E-state index contributed by atoms with van der Waals surface area (Å²) in [6, 6.07) is 4.67. The summed E-state index contributed by atoms with van der Waals surface area (Å²) < 4.78 is 0. The number of nitrogens with zero attached hydrogens (tertiary/aromatic N) is 1. The Morgan fingerprint density at radius 2 is 2.33 bits per heavy atom. The molecule has 0 amide bonds. The van der Waals surface area contributed by atoms with Crippen LogP contribution in [-0.4, -0.2) is 22.7 Å². The minimum absolute atomic E-state index is 0.337. The largest absolute Gasteiger partial charge is 0.396 e. The second-order valence-corrected chi connectivity index (χ2v) is 4.35. The highest BCUT2D eigenvalue weighted by Gasteiger charge is 2.27. The molecular formula is C12H18N2O. The van der Waals surface area contributed by atoms with Crippen LogP contribution in [0, 0.1) is 12.8 Å². The molecule has 1 saturated carbocycles. The van der Waals surface area contributed by atoms with Crippen molar-refractivity contribution in [3.63, 3.8) is 0 Å². The Morgan fingerprint density at radius 1 is 1.53 bits per heavy atom. The molecule has 0 radical (unpaired) electrons. The van der Waals surface area contributed by atoms with Gasteiger partial charge in [-0.3, -0.25) is 4.98 Å². The molecule has 82 valence electrons. The predicted octanol–water partition coefficient (Wildman–Crippen LogP) is 1.25. The van der Waals surface area contributed by atoms with Gasteiger partial charge < -0.3 is 10.4 Å². The zero-order valence-corrected chi connectivity index (χ0v) is 9.11. The zero-order valence-electron chi connectivity index (χ0n) is 9.11. The standard InChI is InChI=1S/C12H18N2O/c1-9-11(3-2-4-13-9)7-14-12-5-10(6-12)8-15/h2-4,10,12,14-15H,5-8H2,1H3. The van der Waals surface area contributed by atoms with Crippen LogP contribution in [0.15, 0.2) is 18.3 Å². The van der Waals surface area contributed by atoms with Gasteiger partial charge in [0.05, 0.1) is 0 Å². The van der Waals surface area contributed by atoms with Crippen molar-refractivity contribution < 1.29 is 5.11 Å². The second-order valence-electron chi connectivity index (χ2n) is 4.35. The molecule has 0 unspecified atom stereocenters. The maximum Gasteiger partial charge on any atom is 0.0460 e. The van der Waals surface area contributed by atoms with E-state index in [1.807, 2.05) is 19.2 Å². The second kappa shape index (κ2) is 4.73. The normalized spacial score (nSPS) is 24.9. The summed E-state index contributed by atoms with van der Waals surface area (Å²) in [7, 11) is 0. The third-order valence-corrected chi connectivity index (χ3v) is 3.19. The molecule has 3 heteroatoms. The van der Waals surface area contributed by atoms with Crippen LogP contribution in [0.4, 0.5) is 0 Å². The van der Waals surface area contributed by atoms with E-state index in [1.54, 1.807) is 0 Å². The van der Waals surface area contributed by atoms with Crippen LogP contribution in [0.3, 0.4) is 0 Å². The van der Waals surface area contributed by atoms with Crippen LogP contribution in [0.1, 0.15) is 24.1 Å². The molecular weight excluding hydrogens is 188 g/mol. The van der Waals surface area contributed by atoms with Crippen molar-refractivity contribution in [2.45, 2.75) is 32.4 Å². The van der Waals surface area contributed by atoms with Gasteiger partial charge in [-0.05, 0) is 37.3 Å². The fourth-order valence-electron chi connectivity index (χ4n) is 2.01. The number of aliphatic hydroxyl groups excluding tert-OH is 1. The molecule has 1 heterocycles. The van der Waals surface area contributed by atoms with Crippen molar-refractivity contribution >= 4 is 0 Å². The Labute approximate surface area is 90.5 Å². The van der Waals surface area contributed by atoms with E-state index in [0.29, 0.717) is 18.6 Å². The molecule has 2 rings (SSSR count). The van der Waals surface area contributed by atoms with Crippen LogP contribution in [0.5, 0.6) is 0 Å². The molecule has 1 aliphatic rings. The molecule has 1 fully saturated rings. The van der Waals surface area contributed by atoms with Crippen LogP contribution in [0.25, 0.3) is 0 Å². The van der Waals surface area contributed by atoms with E-state index in [4.69, 9.17) is 5.11 Å². The summed E-state index contributed by atoms with van der Waals surface area (Å²) in [4.78, 5) is 4.25. The molecule has 0 atom stereocenters. The molecule has 1 aromatic heterocycles. The lowest BCUT2D eigenvalue weighted by Gasteiger charge is -2.34. The third-order valence-electron chi connectivity index (χ3n) is 3.19. The van der Waals surface area contributed by atoms with E-state index in [0.717, 1.165) is 25.1 Å². The molecule has 0 spiro atoms. The number of nitrogens with one attached hydrogen (secondary N) is 1. The van der Waals surface area contributed by atoms with Gasteiger partial charge in [-0.15, -0.1) is 0 Å². The van der Waals surface area contributed by atoms with Crippen LogP contribution < -0.4 is 5.32 Å². The molecule has 0 aromatic carbocycles. The lowest BCUT2D eigenvalue weighted by Crippen LogP contribution is -2.42. The van der Waals surface area contributed by atoms with Crippen molar-refractivity contribution in [2.75, 3.05) is 6.61 Å². The van der Waals surface area contributed by atoms with Crippen LogP contribution >= 0.6 is 0 Å². The molecule has 0 saturated heterocycles. The first-order chi connectivity index (χ1) is 7.29. The van der Waals surface area contributed by atoms with Gasteiger partial charge in [0.1, 0.15) is 0 Å².